The Hall–Kier alpha value is -4.31. The molecule has 1 aliphatic rings. The Morgan fingerprint density at radius 3 is 2.85 bits per heavy atom. The summed E-state index contributed by atoms with van der Waals surface area (Å²) in [4.78, 5) is 32.5. The van der Waals surface area contributed by atoms with Gasteiger partial charge >= 0.3 is 0 Å². The molecule has 1 aliphatic heterocycles. The minimum atomic E-state index is -0.433. The molecule has 170 valence electrons. The van der Waals surface area contributed by atoms with Crippen molar-refractivity contribution in [1.29, 1.82) is 0 Å². The highest BCUT2D eigenvalue weighted by Crippen LogP contribution is 2.33. The predicted octanol–water partition coefficient (Wildman–Crippen LogP) is 4.33. The molecule has 34 heavy (non-hydrogen) atoms. The summed E-state index contributed by atoms with van der Waals surface area (Å²) in [5.74, 6) is 0.411. The van der Waals surface area contributed by atoms with E-state index >= 15 is 0 Å². The van der Waals surface area contributed by atoms with Crippen LogP contribution in [0, 0.1) is 10.1 Å². The van der Waals surface area contributed by atoms with Crippen molar-refractivity contribution in [1.82, 2.24) is 9.55 Å². The molecule has 0 aliphatic carbocycles. The van der Waals surface area contributed by atoms with Gasteiger partial charge in [-0.2, -0.15) is 0 Å². The number of nitrogens with zero attached hydrogens (tertiary/aromatic N) is 4. The smallest absolute Gasteiger partial charge is 0.294 e. The van der Waals surface area contributed by atoms with Crippen molar-refractivity contribution in [2.75, 3.05) is 11.9 Å². The number of hydrogen-bond acceptors (Lipinski definition) is 7. The summed E-state index contributed by atoms with van der Waals surface area (Å²) < 4.78 is 7.49. The van der Waals surface area contributed by atoms with Crippen molar-refractivity contribution in [2.24, 2.45) is 4.99 Å². The molecule has 0 saturated heterocycles. The van der Waals surface area contributed by atoms with Crippen molar-refractivity contribution in [3.05, 3.63) is 92.9 Å². The van der Waals surface area contributed by atoms with Crippen LogP contribution in [-0.2, 0) is 17.8 Å². The van der Waals surface area contributed by atoms with Crippen LogP contribution in [0.4, 0.5) is 17.1 Å². The second-order valence-electron chi connectivity index (χ2n) is 7.53. The Kier molecular flexibility index (Phi) is 5.88. The van der Waals surface area contributed by atoms with Crippen molar-refractivity contribution < 1.29 is 14.5 Å². The van der Waals surface area contributed by atoms with Crippen LogP contribution in [0.25, 0.3) is 11.3 Å². The number of pyridine rings is 1. The molecule has 0 fully saturated rings. The Morgan fingerprint density at radius 2 is 2.03 bits per heavy atom. The molecule has 0 atom stereocenters. The Labute approximate surface area is 198 Å². The third-order valence-electron chi connectivity index (χ3n) is 5.32. The summed E-state index contributed by atoms with van der Waals surface area (Å²) in [5.41, 5.74) is 3.51. The van der Waals surface area contributed by atoms with Gasteiger partial charge in [0.25, 0.3) is 11.6 Å². The topological polar surface area (TPSA) is 112 Å². The van der Waals surface area contributed by atoms with E-state index in [-0.39, 0.29) is 18.2 Å². The summed E-state index contributed by atoms with van der Waals surface area (Å²) in [7, 11) is 0. The lowest BCUT2D eigenvalue weighted by Crippen LogP contribution is -2.25. The van der Waals surface area contributed by atoms with E-state index in [0.29, 0.717) is 34.9 Å². The number of amides is 1. The van der Waals surface area contributed by atoms with Gasteiger partial charge in [-0.3, -0.25) is 19.9 Å². The fraction of sp³-hybridized carbons (Fsp3) is 0.125. The molecule has 0 spiro atoms. The molecule has 9 nitrogen and oxygen atoms in total. The van der Waals surface area contributed by atoms with Gasteiger partial charge in [0.2, 0.25) is 0 Å². The maximum absolute atomic E-state index is 11.8. The number of carbonyl (C=O) groups is 1. The Bertz CT molecular complexity index is 1450. The first-order chi connectivity index (χ1) is 16.6. The first-order valence-electron chi connectivity index (χ1n) is 10.5. The SMILES string of the molecule is O=C1COc2ccc(-c3csc(=Nc4ccccc4[N+](=O)[O-])n3CCc3ccccn3)cc2N1. The molecule has 1 N–H and O–H groups in total. The highest BCUT2D eigenvalue weighted by atomic mass is 32.1. The first kappa shape index (κ1) is 21.5. The van der Waals surface area contributed by atoms with E-state index in [1.54, 1.807) is 24.4 Å². The molecule has 0 saturated carbocycles. The number of carbonyl (C=O) groups excluding carboxylic acids is 1. The molecule has 4 aromatic rings. The lowest BCUT2D eigenvalue weighted by molar-refractivity contribution is -0.384. The highest BCUT2D eigenvalue weighted by molar-refractivity contribution is 7.07. The van der Waals surface area contributed by atoms with Crippen LogP contribution >= 0.6 is 11.3 Å². The number of hydrogen-bond donors (Lipinski definition) is 1. The minimum Gasteiger partial charge on any atom is -0.482 e. The van der Waals surface area contributed by atoms with Crippen molar-refractivity contribution >= 4 is 34.3 Å². The lowest BCUT2D eigenvalue weighted by atomic mass is 10.1. The number of para-hydroxylation sites is 2. The summed E-state index contributed by atoms with van der Waals surface area (Å²) in [5, 5.41) is 16.3. The van der Waals surface area contributed by atoms with Gasteiger partial charge in [0, 0.05) is 41.9 Å². The number of aromatic nitrogens is 2. The van der Waals surface area contributed by atoms with E-state index in [0.717, 1.165) is 17.0 Å². The average molecular weight is 474 g/mol. The molecule has 0 bridgehead atoms. The van der Waals surface area contributed by atoms with Crippen LogP contribution in [0.15, 0.2) is 77.2 Å². The zero-order chi connectivity index (χ0) is 23.5. The fourth-order valence-corrected chi connectivity index (χ4v) is 4.64. The van der Waals surface area contributed by atoms with Gasteiger partial charge in [0.15, 0.2) is 11.4 Å². The number of nitro benzene ring substituents is 1. The van der Waals surface area contributed by atoms with E-state index in [1.807, 2.05) is 46.3 Å². The normalized spacial score (nSPS) is 13.2. The molecule has 0 unspecified atom stereocenters. The zero-order valence-electron chi connectivity index (χ0n) is 17.9. The minimum absolute atomic E-state index is 0.00619. The van der Waals surface area contributed by atoms with Gasteiger partial charge in [0.05, 0.1) is 16.3 Å². The van der Waals surface area contributed by atoms with Gasteiger partial charge < -0.3 is 14.6 Å². The van der Waals surface area contributed by atoms with Crippen LogP contribution in [-0.4, -0.2) is 27.0 Å². The molecule has 10 heteroatoms. The van der Waals surface area contributed by atoms with Crippen molar-refractivity contribution in [3.63, 3.8) is 0 Å². The third kappa shape index (κ3) is 4.44. The lowest BCUT2D eigenvalue weighted by Gasteiger charge is -2.19. The number of fused-ring (bicyclic) bond motifs is 1. The molecule has 2 aromatic heterocycles. The number of thiazole rings is 1. The number of benzene rings is 2. The largest absolute Gasteiger partial charge is 0.482 e. The molecule has 5 rings (SSSR count). The van der Waals surface area contributed by atoms with Crippen LogP contribution in [0.1, 0.15) is 5.69 Å². The van der Waals surface area contributed by atoms with Gasteiger partial charge in [-0.05, 0) is 36.4 Å². The number of nitro groups is 1. The van der Waals surface area contributed by atoms with Crippen LogP contribution in [0.3, 0.4) is 0 Å². The fourth-order valence-electron chi connectivity index (χ4n) is 3.70. The van der Waals surface area contributed by atoms with Gasteiger partial charge in [-0.25, -0.2) is 4.99 Å². The third-order valence-corrected chi connectivity index (χ3v) is 6.18. The van der Waals surface area contributed by atoms with E-state index in [1.165, 1.54) is 17.4 Å². The van der Waals surface area contributed by atoms with E-state index in [9.17, 15) is 14.9 Å². The number of aryl methyl sites for hydroxylation is 1. The number of rotatable bonds is 6. The van der Waals surface area contributed by atoms with Crippen molar-refractivity contribution in [3.8, 4) is 17.0 Å². The van der Waals surface area contributed by atoms with E-state index in [4.69, 9.17) is 4.74 Å². The number of ether oxygens (including phenoxy) is 1. The highest BCUT2D eigenvalue weighted by Gasteiger charge is 2.18. The number of anilines is 1. The summed E-state index contributed by atoms with van der Waals surface area (Å²) in [6.07, 6.45) is 2.40. The molecule has 3 heterocycles. The van der Waals surface area contributed by atoms with Crippen molar-refractivity contribution in [2.45, 2.75) is 13.0 Å². The Balaban J connectivity index is 1.60. The first-order valence-corrected chi connectivity index (χ1v) is 11.4. The predicted molar refractivity (Wildman–Crippen MR) is 128 cm³/mol. The maximum atomic E-state index is 11.8. The molecule has 0 radical (unpaired) electrons. The maximum Gasteiger partial charge on any atom is 0.294 e. The van der Waals surface area contributed by atoms with Gasteiger partial charge in [-0.15, -0.1) is 11.3 Å². The van der Waals surface area contributed by atoms with Crippen LogP contribution < -0.4 is 14.9 Å². The second kappa shape index (κ2) is 9.28. The van der Waals surface area contributed by atoms with Crippen LogP contribution in [0.2, 0.25) is 0 Å². The zero-order valence-corrected chi connectivity index (χ0v) is 18.7. The molecule has 2 aromatic carbocycles. The van der Waals surface area contributed by atoms with Gasteiger partial charge in [0.1, 0.15) is 11.4 Å². The number of nitrogens with one attached hydrogen (secondary N) is 1. The molecular weight excluding hydrogens is 454 g/mol. The summed E-state index contributed by atoms with van der Waals surface area (Å²) in [6, 6.07) is 17.8. The monoisotopic (exact) mass is 473 g/mol. The standard InChI is InChI=1S/C24H19N5O4S/c30-23-14-33-22-9-8-16(13-19(22)26-23)21-15-34-24(27-18-6-1-2-7-20(18)29(31)32)28(21)12-10-17-5-3-4-11-25-17/h1-9,11,13,15H,10,12,14H2,(H,26,30). The molecular formula is C24H19N5O4S. The van der Waals surface area contributed by atoms with Crippen LogP contribution in [0.5, 0.6) is 5.75 Å². The van der Waals surface area contributed by atoms with E-state index in [2.05, 4.69) is 15.3 Å². The summed E-state index contributed by atoms with van der Waals surface area (Å²) in [6.45, 7) is 0.559. The summed E-state index contributed by atoms with van der Waals surface area (Å²) >= 11 is 1.39. The second-order valence-corrected chi connectivity index (χ2v) is 8.37. The van der Waals surface area contributed by atoms with Gasteiger partial charge in [-0.1, -0.05) is 18.2 Å². The quantitative estimate of drug-likeness (QED) is 0.331. The average Bonchev–Trinajstić information content (AvgIpc) is 3.25. The van der Waals surface area contributed by atoms with E-state index < -0.39 is 4.92 Å². The molecule has 1 amide bonds. The Morgan fingerprint density at radius 1 is 1.18 bits per heavy atom.